The summed E-state index contributed by atoms with van der Waals surface area (Å²) in [4.78, 5) is 46.6. The van der Waals surface area contributed by atoms with Crippen molar-refractivity contribution in [2.24, 2.45) is 4.99 Å². The van der Waals surface area contributed by atoms with E-state index >= 15 is 0 Å². The number of hydrogen-bond acceptors (Lipinski definition) is 6. The molecule has 3 amide bonds. The highest BCUT2D eigenvalue weighted by atomic mass is 32.2. The number of ether oxygens (including phenoxy) is 2. The molecule has 264 valence electrons. The molecule has 4 aromatic carbocycles. The first-order valence-corrected chi connectivity index (χ1v) is 17.6. The minimum atomic E-state index is -0.747. The number of amides is 3. The lowest BCUT2D eigenvalue weighted by molar-refractivity contribution is -0.126. The Morgan fingerprint density at radius 1 is 0.942 bits per heavy atom. The molecule has 1 heterocycles. The lowest BCUT2D eigenvalue weighted by Gasteiger charge is -2.28. The van der Waals surface area contributed by atoms with Crippen LogP contribution in [0.5, 0.6) is 11.5 Å². The normalized spacial score (nSPS) is 14.2. The number of allylic oxidation sites excluding steroid dienone is 4. The van der Waals surface area contributed by atoms with Gasteiger partial charge in [-0.05, 0) is 72.5 Å². The van der Waals surface area contributed by atoms with Crippen LogP contribution in [-0.4, -0.2) is 40.1 Å². The number of nitrogens with one attached hydrogen (secondary N) is 1. The van der Waals surface area contributed by atoms with Crippen LogP contribution in [-0.2, 0) is 21.0 Å². The fourth-order valence-electron chi connectivity index (χ4n) is 5.35. The molecule has 0 spiro atoms. The van der Waals surface area contributed by atoms with Crippen molar-refractivity contribution in [3.05, 3.63) is 173 Å². The second-order valence-corrected chi connectivity index (χ2v) is 12.3. The quantitative estimate of drug-likeness (QED) is 0.0804. The lowest BCUT2D eigenvalue weighted by Crippen LogP contribution is -2.42. The van der Waals surface area contributed by atoms with Crippen molar-refractivity contribution in [3.63, 3.8) is 0 Å². The first kappa shape index (κ1) is 37.3. The standard InChI is InChI=1S/C42H38FN3O5S/c1-4-7-21-34(5-2)46-41(49)35(25-29-22-23-36(37(26-29)50-6-3)51-27-30-15-14-20-33(43)24-30)40(48)45-42(46)52-28-38(47)44-39(31-16-10-8-11-17-31)32-18-12-9-13-19-32/h4-5,7-26,39H,1,6,27-28H2,2-3H3,(H,44,47)/b21-7-,34-5+,35-25+. The number of rotatable bonds is 14. The predicted molar refractivity (Wildman–Crippen MR) is 204 cm³/mol. The summed E-state index contributed by atoms with van der Waals surface area (Å²) in [6, 6.07) is 29.9. The molecule has 4 aromatic rings. The van der Waals surface area contributed by atoms with Gasteiger partial charge in [-0.25, -0.2) is 4.39 Å². The minimum Gasteiger partial charge on any atom is -0.490 e. The third-order valence-corrected chi connectivity index (χ3v) is 8.71. The number of nitrogens with zero attached hydrogens (tertiary/aromatic N) is 2. The fraction of sp³-hybridized carbons (Fsp3) is 0.143. The number of benzene rings is 4. The van der Waals surface area contributed by atoms with Crippen molar-refractivity contribution in [1.29, 1.82) is 0 Å². The third-order valence-electron chi connectivity index (χ3n) is 7.77. The molecule has 0 aromatic heterocycles. The molecule has 1 aliphatic rings. The zero-order valence-corrected chi connectivity index (χ0v) is 29.6. The van der Waals surface area contributed by atoms with Gasteiger partial charge in [-0.3, -0.25) is 19.3 Å². The van der Waals surface area contributed by atoms with E-state index in [1.807, 2.05) is 67.6 Å². The summed E-state index contributed by atoms with van der Waals surface area (Å²) in [5.41, 5.74) is 3.23. The van der Waals surface area contributed by atoms with Crippen molar-refractivity contribution in [2.45, 2.75) is 26.5 Å². The molecule has 0 saturated heterocycles. The van der Waals surface area contributed by atoms with E-state index in [1.54, 1.807) is 61.6 Å². The monoisotopic (exact) mass is 715 g/mol. The van der Waals surface area contributed by atoms with Crippen molar-refractivity contribution in [3.8, 4) is 11.5 Å². The van der Waals surface area contributed by atoms with Crippen LogP contribution in [0.25, 0.3) is 6.08 Å². The van der Waals surface area contributed by atoms with Gasteiger partial charge in [0.2, 0.25) is 5.91 Å². The molecule has 0 fully saturated rings. The Labute approximate surface area is 307 Å². The highest BCUT2D eigenvalue weighted by Gasteiger charge is 2.35. The van der Waals surface area contributed by atoms with Gasteiger partial charge < -0.3 is 14.8 Å². The molecule has 5 rings (SSSR count). The molecule has 8 nitrogen and oxygen atoms in total. The van der Waals surface area contributed by atoms with E-state index < -0.39 is 17.9 Å². The SMILES string of the molecule is C=C/C=C\C(=C/C)N1C(=O)/C(=C/c2ccc(OCc3cccc(F)c3)c(OCC)c2)C(=O)N=C1SCC(=O)NC(c1ccccc1)c1ccccc1. The molecular weight excluding hydrogens is 678 g/mol. The molecule has 0 unspecified atom stereocenters. The van der Waals surface area contributed by atoms with Crippen LogP contribution in [0.4, 0.5) is 4.39 Å². The molecule has 1 aliphatic heterocycles. The number of carbonyl (C=O) groups is 3. The van der Waals surface area contributed by atoms with E-state index in [1.165, 1.54) is 23.1 Å². The van der Waals surface area contributed by atoms with Gasteiger partial charge in [-0.15, -0.1) is 0 Å². The van der Waals surface area contributed by atoms with Crippen LogP contribution in [0.15, 0.2) is 150 Å². The molecule has 0 aliphatic carbocycles. The summed E-state index contributed by atoms with van der Waals surface area (Å²) in [5, 5.41) is 3.16. The zero-order chi connectivity index (χ0) is 36.9. The van der Waals surface area contributed by atoms with Gasteiger partial charge in [0.1, 0.15) is 18.0 Å². The molecule has 0 radical (unpaired) electrons. The van der Waals surface area contributed by atoms with Crippen LogP contribution in [0.3, 0.4) is 0 Å². The van der Waals surface area contributed by atoms with E-state index in [0.29, 0.717) is 34.9 Å². The highest BCUT2D eigenvalue weighted by molar-refractivity contribution is 8.14. The molecular formula is C42H38FN3O5S. The molecule has 0 atom stereocenters. The van der Waals surface area contributed by atoms with Gasteiger partial charge >= 0.3 is 0 Å². The highest BCUT2D eigenvalue weighted by Crippen LogP contribution is 2.32. The smallest absolute Gasteiger partial charge is 0.285 e. The Morgan fingerprint density at radius 2 is 1.65 bits per heavy atom. The molecule has 52 heavy (non-hydrogen) atoms. The van der Waals surface area contributed by atoms with Crippen LogP contribution in [0.2, 0.25) is 0 Å². The number of amidine groups is 1. The maximum Gasteiger partial charge on any atom is 0.285 e. The van der Waals surface area contributed by atoms with Gasteiger partial charge in [0, 0.05) is 5.70 Å². The minimum absolute atomic E-state index is 0.0659. The average Bonchev–Trinajstić information content (AvgIpc) is 3.16. The Morgan fingerprint density at radius 3 is 2.29 bits per heavy atom. The van der Waals surface area contributed by atoms with Crippen LogP contribution < -0.4 is 14.8 Å². The van der Waals surface area contributed by atoms with E-state index in [9.17, 15) is 18.8 Å². The first-order chi connectivity index (χ1) is 25.3. The molecule has 0 saturated carbocycles. The van der Waals surface area contributed by atoms with E-state index in [0.717, 1.165) is 22.9 Å². The summed E-state index contributed by atoms with van der Waals surface area (Å²) >= 11 is 0.989. The second-order valence-electron chi connectivity index (χ2n) is 11.4. The maximum atomic E-state index is 14.1. The number of hydrogen-bond donors (Lipinski definition) is 1. The third kappa shape index (κ3) is 9.61. The van der Waals surface area contributed by atoms with Crippen molar-refractivity contribution in [1.82, 2.24) is 10.2 Å². The van der Waals surface area contributed by atoms with Gasteiger partial charge in [-0.1, -0.05) is 115 Å². The van der Waals surface area contributed by atoms with Crippen molar-refractivity contribution >= 4 is 40.7 Å². The molecule has 10 heteroatoms. The Kier molecular flexibility index (Phi) is 13.1. The Bertz CT molecular complexity index is 2000. The molecule has 0 bridgehead atoms. The number of carbonyl (C=O) groups excluding carboxylic acids is 3. The number of thioether (sulfide) groups is 1. The van der Waals surface area contributed by atoms with E-state index in [-0.39, 0.29) is 34.8 Å². The summed E-state index contributed by atoms with van der Waals surface area (Å²) < 4.78 is 25.4. The van der Waals surface area contributed by atoms with E-state index in [4.69, 9.17) is 9.47 Å². The topological polar surface area (TPSA) is 97.3 Å². The Balaban J connectivity index is 1.40. The lowest BCUT2D eigenvalue weighted by atomic mass is 9.99. The van der Waals surface area contributed by atoms with E-state index in [2.05, 4.69) is 16.9 Å². The summed E-state index contributed by atoms with van der Waals surface area (Å²) in [5.74, 6) is -1.33. The number of halogens is 1. The largest absolute Gasteiger partial charge is 0.490 e. The first-order valence-electron chi connectivity index (χ1n) is 16.6. The van der Waals surface area contributed by atoms with Crippen LogP contribution in [0.1, 0.15) is 42.1 Å². The van der Waals surface area contributed by atoms with Gasteiger partial charge in [-0.2, -0.15) is 4.99 Å². The van der Waals surface area contributed by atoms with Gasteiger partial charge in [0.15, 0.2) is 16.7 Å². The average molecular weight is 716 g/mol. The van der Waals surface area contributed by atoms with Crippen LogP contribution in [0, 0.1) is 5.82 Å². The summed E-state index contributed by atoms with van der Waals surface area (Å²) in [6.07, 6.45) is 8.06. The predicted octanol–water partition coefficient (Wildman–Crippen LogP) is 8.20. The van der Waals surface area contributed by atoms with Crippen molar-refractivity contribution in [2.75, 3.05) is 12.4 Å². The molecule has 1 N–H and O–H groups in total. The van der Waals surface area contributed by atoms with Gasteiger partial charge in [0.25, 0.3) is 11.8 Å². The summed E-state index contributed by atoms with van der Waals surface area (Å²) in [6.45, 7) is 7.74. The Hall–Kier alpha value is -6.00. The number of aliphatic imine (C=N–C) groups is 1. The zero-order valence-electron chi connectivity index (χ0n) is 28.8. The van der Waals surface area contributed by atoms with Gasteiger partial charge in [0.05, 0.1) is 18.4 Å². The van der Waals surface area contributed by atoms with Crippen LogP contribution >= 0.6 is 11.8 Å². The summed E-state index contributed by atoms with van der Waals surface area (Å²) in [7, 11) is 0. The van der Waals surface area contributed by atoms with Crippen molar-refractivity contribution < 1.29 is 28.2 Å². The maximum absolute atomic E-state index is 14.1. The second kappa shape index (κ2) is 18.3. The fourth-order valence-corrected chi connectivity index (χ4v) is 6.16.